The van der Waals surface area contributed by atoms with Crippen LogP contribution in [-0.2, 0) is 0 Å². The lowest BCUT2D eigenvalue weighted by Crippen LogP contribution is -2.05. The monoisotopic (exact) mass is 395 g/mol. The van der Waals surface area contributed by atoms with Gasteiger partial charge in [0.2, 0.25) is 0 Å². The maximum Gasteiger partial charge on any atom is 0.335 e. The molecule has 0 aliphatic rings. The molecule has 146 valence electrons. The first-order valence-corrected chi connectivity index (χ1v) is 9.49. The smallest absolute Gasteiger partial charge is 0.335 e. The van der Waals surface area contributed by atoms with Gasteiger partial charge in [-0.2, -0.15) is 5.10 Å². The molecule has 1 unspecified atom stereocenters. The molecule has 5 rings (SSSR count). The zero-order chi connectivity index (χ0) is 20.7. The van der Waals surface area contributed by atoms with Crippen LogP contribution in [0.25, 0.3) is 27.9 Å². The predicted molar refractivity (Wildman–Crippen MR) is 112 cm³/mol. The molecule has 1 N–H and O–H groups in total. The third-order valence-electron chi connectivity index (χ3n) is 5.25. The highest BCUT2D eigenvalue weighted by atomic mass is 16.4. The molecule has 1 atom stereocenters. The van der Waals surface area contributed by atoms with E-state index in [9.17, 15) is 4.79 Å². The Kier molecular flexibility index (Phi) is 4.21. The molecule has 5 aromatic rings. The van der Waals surface area contributed by atoms with Crippen LogP contribution in [0.15, 0.2) is 73.2 Å². The highest BCUT2D eigenvalue weighted by Gasteiger charge is 2.17. The topological polar surface area (TPSA) is 93.3 Å². The molecule has 3 heterocycles. The van der Waals surface area contributed by atoms with Gasteiger partial charge in [0.05, 0.1) is 29.2 Å². The second-order valence-electron chi connectivity index (χ2n) is 7.10. The van der Waals surface area contributed by atoms with Crippen molar-refractivity contribution in [3.8, 4) is 11.3 Å². The fourth-order valence-electron chi connectivity index (χ4n) is 3.54. The molecule has 0 fully saturated rings. The van der Waals surface area contributed by atoms with Gasteiger partial charge in [-0.3, -0.25) is 4.98 Å². The van der Waals surface area contributed by atoms with Crippen LogP contribution in [0.1, 0.15) is 34.5 Å². The van der Waals surface area contributed by atoms with Gasteiger partial charge in [-0.15, -0.1) is 0 Å². The molecule has 0 aliphatic heterocycles. The molecular weight excluding hydrogens is 378 g/mol. The minimum absolute atomic E-state index is 0.0449. The van der Waals surface area contributed by atoms with Crippen LogP contribution in [0.4, 0.5) is 0 Å². The maximum atomic E-state index is 11.1. The summed E-state index contributed by atoms with van der Waals surface area (Å²) in [6.07, 6.45) is 5.23. The van der Waals surface area contributed by atoms with Gasteiger partial charge in [0.1, 0.15) is 5.69 Å². The number of nitrogens with zero attached hydrogens (tertiary/aromatic N) is 5. The van der Waals surface area contributed by atoms with Crippen LogP contribution in [0, 0.1) is 0 Å². The molecule has 2 aromatic carbocycles. The molecule has 0 amide bonds. The zero-order valence-electron chi connectivity index (χ0n) is 16.1. The van der Waals surface area contributed by atoms with Gasteiger partial charge < -0.3 is 5.11 Å². The first-order chi connectivity index (χ1) is 14.6. The summed E-state index contributed by atoms with van der Waals surface area (Å²) in [5, 5.41) is 14.9. The van der Waals surface area contributed by atoms with E-state index in [1.165, 1.54) is 0 Å². The number of aromatic carboxylic acids is 1. The fraction of sp³-hybridized carbons (Fsp3) is 0.0870. The molecule has 7 nitrogen and oxygen atoms in total. The van der Waals surface area contributed by atoms with E-state index < -0.39 is 5.97 Å². The quantitative estimate of drug-likeness (QED) is 0.490. The summed E-state index contributed by atoms with van der Waals surface area (Å²) in [7, 11) is 0. The van der Waals surface area contributed by atoms with E-state index in [0.29, 0.717) is 11.5 Å². The summed E-state index contributed by atoms with van der Waals surface area (Å²) in [6, 6.07) is 16.8. The Labute approximate surface area is 171 Å². The standard InChI is InChI=1S/C23H17N5O2/c1-14(17-8-9-19-18(11-17)3-2-10-24-19)21-13-26-23-25-12-20(27-28(21)23)15-4-6-16(7-5-15)22(29)30/h2-14H,1H3,(H,29,30). The Morgan fingerprint density at radius 2 is 1.80 bits per heavy atom. The Bertz CT molecular complexity index is 1390. The lowest BCUT2D eigenvalue weighted by atomic mass is 9.97. The number of rotatable bonds is 4. The first-order valence-electron chi connectivity index (χ1n) is 9.49. The second kappa shape index (κ2) is 7.04. The molecule has 30 heavy (non-hydrogen) atoms. The maximum absolute atomic E-state index is 11.1. The number of hydrogen-bond acceptors (Lipinski definition) is 5. The summed E-state index contributed by atoms with van der Waals surface area (Å²) in [6.45, 7) is 2.11. The molecule has 0 spiro atoms. The third kappa shape index (κ3) is 3.06. The average Bonchev–Trinajstić information content (AvgIpc) is 3.21. The summed E-state index contributed by atoms with van der Waals surface area (Å²) < 4.78 is 1.75. The van der Waals surface area contributed by atoms with Gasteiger partial charge in [-0.05, 0) is 35.9 Å². The number of hydrogen-bond donors (Lipinski definition) is 1. The van der Waals surface area contributed by atoms with E-state index in [1.54, 1.807) is 47.4 Å². The van der Waals surface area contributed by atoms with Gasteiger partial charge in [0.15, 0.2) is 0 Å². The van der Waals surface area contributed by atoms with Gasteiger partial charge in [-0.1, -0.05) is 31.2 Å². The van der Waals surface area contributed by atoms with Gasteiger partial charge in [0, 0.05) is 23.1 Å². The van der Waals surface area contributed by atoms with E-state index in [1.807, 2.05) is 18.2 Å². The van der Waals surface area contributed by atoms with E-state index >= 15 is 0 Å². The van der Waals surface area contributed by atoms with Gasteiger partial charge in [0.25, 0.3) is 5.78 Å². The minimum Gasteiger partial charge on any atom is -0.478 e. The van der Waals surface area contributed by atoms with Crippen LogP contribution in [0.5, 0.6) is 0 Å². The second-order valence-corrected chi connectivity index (χ2v) is 7.10. The summed E-state index contributed by atoms with van der Waals surface area (Å²) in [5.41, 5.74) is 4.68. The van der Waals surface area contributed by atoms with Gasteiger partial charge in [-0.25, -0.2) is 19.3 Å². The van der Waals surface area contributed by atoms with E-state index in [-0.39, 0.29) is 11.5 Å². The summed E-state index contributed by atoms with van der Waals surface area (Å²) >= 11 is 0. The fourth-order valence-corrected chi connectivity index (χ4v) is 3.54. The number of carboxylic acids is 1. The van der Waals surface area contributed by atoms with Crippen molar-refractivity contribution in [2.45, 2.75) is 12.8 Å². The SMILES string of the molecule is CC(c1ccc2ncccc2c1)c1cnc2ncc(-c3ccc(C(=O)O)cc3)nn12. The highest BCUT2D eigenvalue weighted by molar-refractivity contribution is 5.88. The molecule has 0 radical (unpaired) electrons. The van der Waals surface area contributed by atoms with E-state index in [4.69, 9.17) is 10.2 Å². The zero-order valence-corrected chi connectivity index (χ0v) is 16.1. The third-order valence-corrected chi connectivity index (χ3v) is 5.25. The van der Waals surface area contributed by atoms with E-state index in [0.717, 1.165) is 27.7 Å². The number of aromatic nitrogens is 5. The number of fused-ring (bicyclic) bond motifs is 2. The van der Waals surface area contributed by atoms with Crippen LogP contribution < -0.4 is 0 Å². The Morgan fingerprint density at radius 3 is 2.60 bits per heavy atom. The molecule has 0 aliphatic carbocycles. The van der Waals surface area contributed by atoms with Crippen molar-refractivity contribution in [2.75, 3.05) is 0 Å². The Balaban J connectivity index is 1.55. The van der Waals surface area contributed by atoms with Crippen molar-refractivity contribution >= 4 is 22.6 Å². The van der Waals surface area contributed by atoms with Crippen molar-refractivity contribution < 1.29 is 9.90 Å². The minimum atomic E-state index is -0.959. The lowest BCUT2D eigenvalue weighted by Gasteiger charge is -2.12. The van der Waals surface area contributed by atoms with E-state index in [2.05, 4.69) is 34.0 Å². The molecule has 3 aromatic heterocycles. The molecule has 7 heteroatoms. The largest absolute Gasteiger partial charge is 0.478 e. The lowest BCUT2D eigenvalue weighted by molar-refractivity contribution is 0.0697. The molecular formula is C23H17N5O2. The van der Waals surface area contributed by atoms with Crippen molar-refractivity contribution in [1.29, 1.82) is 0 Å². The highest BCUT2D eigenvalue weighted by Crippen LogP contribution is 2.27. The van der Waals surface area contributed by atoms with Crippen LogP contribution in [0.3, 0.4) is 0 Å². The Morgan fingerprint density at radius 1 is 1.00 bits per heavy atom. The summed E-state index contributed by atoms with van der Waals surface area (Å²) in [4.78, 5) is 24.3. The van der Waals surface area contributed by atoms with Crippen molar-refractivity contribution in [1.82, 2.24) is 24.6 Å². The number of imidazole rings is 1. The van der Waals surface area contributed by atoms with Crippen molar-refractivity contribution in [3.05, 3.63) is 90.0 Å². The molecule has 0 bridgehead atoms. The first kappa shape index (κ1) is 17.9. The predicted octanol–water partition coefficient (Wildman–Crippen LogP) is 4.19. The van der Waals surface area contributed by atoms with Crippen LogP contribution in [0.2, 0.25) is 0 Å². The number of pyridine rings is 1. The van der Waals surface area contributed by atoms with Crippen LogP contribution in [-0.4, -0.2) is 35.6 Å². The number of carbonyl (C=O) groups is 1. The molecule has 0 saturated heterocycles. The van der Waals surface area contributed by atoms with Crippen molar-refractivity contribution in [2.24, 2.45) is 0 Å². The average molecular weight is 395 g/mol. The Hall–Kier alpha value is -4.13. The van der Waals surface area contributed by atoms with Gasteiger partial charge >= 0.3 is 5.97 Å². The molecule has 0 saturated carbocycles. The summed E-state index contributed by atoms with van der Waals surface area (Å²) in [5.74, 6) is -0.395. The normalized spacial score (nSPS) is 12.3. The van der Waals surface area contributed by atoms with Crippen LogP contribution >= 0.6 is 0 Å². The number of carboxylic acid groups (broad SMARTS) is 1. The number of benzene rings is 2. The van der Waals surface area contributed by atoms with Crippen molar-refractivity contribution in [3.63, 3.8) is 0 Å².